The van der Waals surface area contributed by atoms with Gasteiger partial charge in [0, 0.05) is 32.7 Å². The Hall–Kier alpha value is -1.63. The van der Waals surface area contributed by atoms with Crippen LogP contribution in [0.15, 0.2) is 18.2 Å². The van der Waals surface area contributed by atoms with E-state index in [0.29, 0.717) is 32.8 Å². The number of aliphatic hydroxyl groups is 1. The van der Waals surface area contributed by atoms with Gasteiger partial charge in [-0.1, -0.05) is 18.2 Å². The van der Waals surface area contributed by atoms with Crippen LogP contribution >= 0.6 is 0 Å². The average molecular weight is 333 g/mol. The predicted octanol–water partition coefficient (Wildman–Crippen LogP) is 0.890. The third-order valence-corrected chi connectivity index (χ3v) is 5.08. The molecule has 2 saturated heterocycles. The summed E-state index contributed by atoms with van der Waals surface area (Å²) in [6, 6.07) is 6.12. The van der Waals surface area contributed by atoms with E-state index in [1.807, 2.05) is 6.07 Å². The van der Waals surface area contributed by atoms with Crippen molar-refractivity contribution in [3.63, 3.8) is 0 Å². The van der Waals surface area contributed by atoms with Crippen molar-refractivity contribution in [1.82, 2.24) is 15.1 Å². The highest BCUT2D eigenvalue weighted by Crippen LogP contribution is 2.18. The fourth-order valence-corrected chi connectivity index (χ4v) is 3.41. The normalized spacial score (nSPS) is 25.0. The van der Waals surface area contributed by atoms with Crippen LogP contribution in [-0.2, 0) is 11.3 Å². The first kappa shape index (κ1) is 17.2. The molecule has 2 aliphatic rings. The maximum atomic E-state index is 12.4. The molecule has 0 bridgehead atoms. The summed E-state index contributed by atoms with van der Waals surface area (Å²) in [5.41, 5.74) is 3.57. The Morgan fingerprint density at radius 2 is 2.00 bits per heavy atom. The number of morpholine rings is 1. The van der Waals surface area contributed by atoms with Gasteiger partial charge in [0.25, 0.3) is 0 Å². The summed E-state index contributed by atoms with van der Waals surface area (Å²) >= 11 is 0. The van der Waals surface area contributed by atoms with Crippen LogP contribution in [0.3, 0.4) is 0 Å². The number of benzene rings is 1. The number of carbonyl (C=O) groups excluding carboxylic acids is 1. The lowest BCUT2D eigenvalue weighted by Gasteiger charge is -2.33. The number of amides is 2. The highest BCUT2D eigenvalue weighted by molar-refractivity contribution is 5.74. The number of aryl methyl sites for hydroxylation is 2. The summed E-state index contributed by atoms with van der Waals surface area (Å²) < 4.78 is 5.36. The molecule has 1 aromatic rings. The molecule has 2 aliphatic heterocycles. The second-order valence-electron chi connectivity index (χ2n) is 6.77. The van der Waals surface area contributed by atoms with Gasteiger partial charge in [0.15, 0.2) is 0 Å². The van der Waals surface area contributed by atoms with Gasteiger partial charge in [-0.3, -0.25) is 4.90 Å². The molecule has 132 valence electrons. The minimum Gasteiger partial charge on any atom is -0.390 e. The number of β-amino-alcohol motifs (C(OH)–C–C–N with tert-alkyl or cyclic N) is 1. The zero-order valence-corrected chi connectivity index (χ0v) is 14.5. The van der Waals surface area contributed by atoms with E-state index in [1.54, 1.807) is 4.90 Å². The van der Waals surface area contributed by atoms with Crippen molar-refractivity contribution in [3.05, 3.63) is 34.9 Å². The van der Waals surface area contributed by atoms with Crippen LogP contribution in [0.2, 0.25) is 0 Å². The third kappa shape index (κ3) is 3.88. The number of urea groups is 1. The van der Waals surface area contributed by atoms with Crippen molar-refractivity contribution in [2.75, 3.05) is 39.4 Å². The first-order chi connectivity index (χ1) is 11.5. The van der Waals surface area contributed by atoms with Gasteiger partial charge >= 0.3 is 6.03 Å². The van der Waals surface area contributed by atoms with Gasteiger partial charge in [0.2, 0.25) is 0 Å². The van der Waals surface area contributed by atoms with Crippen LogP contribution in [0, 0.1) is 13.8 Å². The van der Waals surface area contributed by atoms with Gasteiger partial charge in [-0.2, -0.15) is 0 Å². The van der Waals surface area contributed by atoms with Crippen LogP contribution in [0.1, 0.15) is 16.7 Å². The molecule has 0 aromatic heterocycles. The smallest absolute Gasteiger partial charge is 0.317 e. The molecular formula is C18H27N3O3. The summed E-state index contributed by atoms with van der Waals surface area (Å²) in [6.45, 7) is 8.65. The SMILES string of the molecule is Cc1ccc(CNC(=O)N2C[C@H](O)[C@@H](N3CCOCC3)C2)cc1C. The predicted molar refractivity (Wildman–Crippen MR) is 91.9 cm³/mol. The number of hydrogen-bond acceptors (Lipinski definition) is 4. The van der Waals surface area contributed by atoms with E-state index < -0.39 is 6.10 Å². The Morgan fingerprint density at radius 1 is 1.25 bits per heavy atom. The monoisotopic (exact) mass is 333 g/mol. The van der Waals surface area contributed by atoms with Crippen molar-refractivity contribution >= 4 is 6.03 Å². The lowest BCUT2D eigenvalue weighted by Crippen LogP contribution is -2.49. The molecule has 2 atom stereocenters. The number of carbonyl (C=O) groups is 1. The number of aliphatic hydroxyl groups excluding tert-OH is 1. The van der Waals surface area contributed by atoms with Crippen LogP contribution in [-0.4, -0.2) is 72.5 Å². The van der Waals surface area contributed by atoms with E-state index in [2.05, 4.69) is 36.2 Å². The quantitative estimate of drug-likeness (QED) is 0.862. The summed E-state index contributed by atoms with van der Waals surface area (Å²) in [4.78, 5) is 16.3. The van der Waals surface area contributed by atoms with Crippen LogP contribution < -0.4 is 5.32 Å². The summed E-state index contributed by atoms with van der Waals surface area (Å²) in [5.74, 6) is 0. The molecule has 0 spiro atoms. The van der Waals surface area contributed by atoms with E-state index in [9.17, 15) is 9.90 Å². The molecule has 3 rings (SSSR count). The maximum Gasteiger partial charge on any atom is 0.317 e. The molecule has 2 heterocycles. The fourth-order valence-electron chi connectivity index (χ4n) is 3.41. The Labute approximate surface area is 143 Å². The second-order valence-corrected chi connectivity index (χ2v) is 6.77. The van der Waals surface area contributed by atoms with Crippen molar-refractivity contribution in [2.24, 2.45) is 0 Å². The second kappa shape index (κ2) is 7.51. The Kier molecular flexibility index (Phi) is 5.38. The molecule has 2 amide bonds. The topological polar surface area (TPSA) is 65.0 Å². The third-order valence-electron chi connectivity index (χ3n) is 5.08. The molecule has 6 nitrogen and oxygen atoms in total. The van der Waals surface area contributed by atoms with Gasteiger partial charge in [0.1, 0.15) is 0 Å². The van der Waals surface area contributed by atoms with Crippen molar-refractivity contribution in [1.29, 1.82) is 0 Å². The van der Waals surface area contributed by atoms with Gasteiger partial charge in [0.05, 0.1) is 25.4 Å². The van der Waals surface area contributed by atoms with Crippen LogP contribution in [0.25, 0.3) is 0 Å². The first-order valence-corrected chi connectivity index (χ1v) is 8.63. The van der Waals surface area contributed by atoms with E-state index in [4.69, 9.17) is 4.74 Å². The number of nitrogens with one attached hydrogen (secondary N) is 1. The van der Waals surface area contributed by atoms with Gasteiger partial charge < -0.3 is 20.1 Å². The van der Waals surface area contributed by atoms with Crippen molar-refractivity contribution < 1.29 is 14.6 Å². The van der Waals surface area contributed by atoms with E-state index in [1.165, 1.54) is 11.1 Å². The van der Waals surface area contributed by atoms with E-state index in [-0.39, 0.29) is 12.1 Å². The number of rotatable bonds is 3. The Morgan fingerprint density at radius 3 is 2.71 bits per heavy atom. The lowest BCUT2D eigenvalue weighted by atomic mass is 10.1. The molecule has 1 aromatic carbocycles. The highest BCUT2D eigenvalue weighted by atomic mass is 16.5. The Bertz CT molecular complexity index is 587. The van der Waals surface area contributed by atoms with E-state index in [0.717, 1.165) is 18.7 Å². The highest BCUT2D eigenvalue weighted by Gasteiger charge is 2.38. The molecular weight excluding hydrogens is 306 g/mol. The molecule has 6 heteroatoms. The standard InChI is InChI=1S/C18H27N3O3/c1-13-3-4-15(9-14(13)2)10-19-18(23)21-11-16(17(22)12-21)20-5-7-24-8-6-20/h3-4,9,16-17,22H,5-8,10-12H2,1-2H3,(H,19,23)/t16-,17-/m0/s1. The number of likely N-dealkylation sites (tertiary alicyclic amines) is 1. The van der Waals surface area contributed by atoms with Gasteiger partial charge in [-0.05, 0) is 30.5 Å². The van der Waals surface area contributed by atoms with Crippen molar-refractivity contribution in [3.8, 4) is 0 Å². The summed E-state index contributed by atoms with van der Waals surface area (Å²) in [7, 11) is 0. The summed E-state index contributed by atoms with van der Waals surface area (Å²) in [5, 5.41) is 13.3. The first-order valence-electron chi connectivity index (χ1n) is 8.63. The lowest BCUT2D eigenvalue weighted by molar-refractivity contribution is -0.00607. The number of ether oxygens (including phenoxy) is 1. The molecule has 0 unspecified atom stereocenters. The summed E-state index contributed by atoms with van der Waals surface area (Å²) in [6.07, 6.45) is -0.490. The largest absolute Gasteiger partial charge is 0.390 e. The Balaban J connectivity index is 1.52. The molecule has 0 aliphatic carbocycles. The number of nitrogens with zero attached hydrogens (tertiary/aromatic N) is 2. The van der Waals surface area contributed by atoms with Crippen LogP contribution in [0.5, 0.6) is 0 Å². The fraction of sp³-hybridized carbons (Fsp3) is 0.611. The average Bonchev–Trinajstić information content (AvgIpc) is 2.98. The minimum absolute atomic E-state index is 0.0151. The minimum atomic E-state index is -0.490. The molecule has 0 radical (unpaired) electrons. The molecule has 24 heavy (non-hydrogen) atoms. The van der Waals surface area contributed by atoms with E-state index >= 15 is 0 Å². The van der Waals surface area contributed by atoms with Crippen LogP contribution in [0.4, 0.5) is 4.79 Å². The molecule has 2 fully saturated rings. The van der Waals surface area contributed by atoms with Gasteiger partial charge in [-0.15, -0.1) is 0 Å². The van der Waals surface area contributed by atoms with Gasteiger partial charge in [-0.25, -0.2) is 4.79 Å². The zero-order valence-electron chi connectivity index (χ0n) is 14.5. The molecule has 2 N–H and O–H groups in total. The zero-order chi connectivity index (χ0) is 17.1. The van der Waals surface area contributed by atoms with Crippen molar-refractivity contribution in [2.45, 2.75) is 32.5 Å². The maximum absolute atomic E-state index is 12.4. The molecule has 0 saturated carbocycles. The number of hydrogen-bond donors (Lipinski definition) is 2.